The van der Waals surface area contributed by atoms with E-state index in [4.69, 9.17) is 15.9 Å². The Labute approximate surface area is 361 Å². The Bertz CT molecular complexity index is 2240. The summed E-state index contributed by atoms with van der Waals surface area (Å²) in [5.41, 5.74) is 6.71. The average molecular weight is 878 g/mol. The molecule has 340 valence electrons. The minimum absolute atomic E-state index is 0.0346. The summed E-state index contributed by atoms with van der Waals surface area (Å²) in [5, 5.41) is 47.2. The lowest BCUT2D eigenvalue weighted by atomic mass is 10.0. The monoisotopic (exact) mass is 877 g/mol. The highest BCUT2D eigenvalue weighted by molar-refractivity contribution is 5.94. The molecule has 2 heterocycles. The molecule has 3 atom stereocenters. The molecule has 3 aromatic rings. The Balaban J connectivity index is 1.32. The molecule has 0 aliphatic carbocycles. The van der Waals surface area contributed by atoms with Crippen LogP contribution in [-0.2, 0) is 44.8 Å². The fourth-order valence-electron chi connectivity index (χ4n) is 6.95. The second kappa shape index (κ2) is 23.4. The van der Waals surface area contributed by atoms with Crippen LogP contribution in [0.1, 0.15) is 83.1 Å². The first-order valence-electron chi connectivity index (χ1n) is 20.7. The topological polar surface area (TPSA) is 332 Å². The molecule has 10 N–H and O–H groups in total. The predicted octanol–water partition coefficient (Wildman–Crippen LogP) is 1.31. The van der Waals surface area contributed by atoms with Gasteiger partial charge >= 0.3 is 17.9 Å². The van der Waals surface area contributed by atoms with Crippen molar-refractivity contribution < 1.29 is 53.7 Å². The Morgan fingerprint density at radius 1 is 0.730 bits per heavy atom. The van der Waals surface area contributed by atoms with E-state index in [2.05, 4.69) is 36.5 Å². The number of carbonyl (C=O) groups excluding carboxylic acids is 5. The van der Waals surface area contributed by atoms with Gasteiger partial charge in [-0.2, -0.15) is 10.2 Å². The van der Waals surface area contributed by atoms with E-state index in [-0.39, 0.29) is 62.8 Å². The zero-order valence-electron chi connectivity index (χ0n) is 35.0. The van der Waals surface area contributed by atoms with Gasteiger partial charge in [-0.1, -0.05) is 24.6 Å². The van der Waals surface area contributed by atoms with Gasteiger partial charge < -0.3 is 47.3 Å². The molecular weight excluding hydrogens is 823 g/mol. The lowest BCUT2D eigenvalue weighted by Crippen LogP contribution is -2.53. The standard InChI is InChI=1S/C42H55N9O12/c1-42(49-50-42)18-17-34(53)45-19-7-2-3-12-35(54)47-31(22-25-13-14-27-30(21-25)46-28-10-5-4-9-26(28)38(27)59)40(61)48-29(39(43)60)15-16-33(52)44-20-8-6-11-32(41(62)63)51(23-36(55)56)24-37(57)58/h4-5,9-10,13-14,21,29,31-32H,2-3,6-8,11-12,15-20,22-24H2,1H3,(H2,43,60)(H,44,52)(H,45,53)(H,46,59)(H,47,54)(H,48,61)(H,55,56)(H,57,58)(H,62,63). The van der Waals surface area contributed by atoms with Crippen molar-refractivity contribution in [3.8, 4) is 0 Å². The molecule has 0 bridgehead atoms. The molecule has 0 saturated carbocycles. The third kappa shape index (κ3) is 16.2. The molecule has 0 radical (unpaired) electrons. The first kappa shape index (κ1) is 48.9. The van der Waals surface area contributed by atoms with Crippen LogP contribution in [0.4, 0.5) is 0 Å². The fourth-order valence-corrected chi connectivity index (χ4v) is 6.95. The number of hydrogen-bond acceptors (Lipinski definition) is 12. The van der Waals surface area contributed by atoms with Crippen molar-refractivity contribution in [3.63, 3.8) is 0 Å². The Hall–Kier alpha value is -6.77. The van der Waals surface area contributed by atoms with Gasteiger partial charge in [0.05, 0.1) is 18.6 Å². The molecule has 0 saturated heterocycles. The van der Waals surface area contributed by atoms with Crippen LogP contribution in [0.5, 0.6) is 0 Å². The third-order valence-corrected chi connectivity index (χ3v) is 10.5. The zero-order chi connectivity index (χ0) is 46.1. The molecule has 1 aliphatic rings. The number of primary amides is 1. The number of carboxylic acid groups (broad SMARTS) is 3. The highest BCUT2D eigenvalue weighted by Gasteiger charge is 2.34. The van der Waals surface area contributed by atoms with Crippen LogP contribution in [0.3, 0.4) is 0 Å². The summed E-state index contributed by atoms with van der Waals surface area (Å²) in [7, 11) is 0. The minimum atomic E-state index is -1.39. The summed E-state index contributed by atoms with van der Waals surface area (Å²) in [5.74, 6) is -6.88. The summed E-state index contributed by atoms with van der Waals surface area (Å²) >= 11 is 0. The van der Waals surface area contributed by atoms with E-state index in [1.54, 1.807) is 42.5 Å². The largest absolute Gasteiger partial charge is 0.480 e. The molecule has 2 aromatic carbocycles. The first-order valence-corrected chi connectivity index (χ1v) is 20.7. The van der Waals surface area contributed by atoms with Crippen LogP contribution in [0, 0.1) is 0 Å². The van der Waals surface area contributed by atoms with E-state index in [1.807, 2.05) is 6.92 Å². The molecule has 4 rings (SSSR count). The molecule has 63 heavy (non-hydrogen) atoms. The van der Waals surface area contributed by atoms with Gasteiger partial charge in [0.25, 0.3) is 0 Å². The summed E-state index contributed by atoms with van der Waals surface area (Å²) in [6.07, 6.45) is 2.53. The lowest BCUT2D eigenvalue weighted by molar-refractivity contribution is -0.149. The molecule has 21 heteroatoms. The van der Waals surface area contributed by atoms with E-state index < -0.39 is 78.4 Å². The number of hydrogen-bond donors (Lipinski definition) is 9. The van der Waals surface area contributed by atoms with E-state index in [0.29, 0.717) is 66.0 Å². The molecule has 3 unspecified atom stereocenters. The number of nitrogens with zero attached hydrogens (tertiary/aromatic N) is 3. The van der Waals surface area contributed by atoms with Crippen molar-refractivity contribution in [1.29, 1.82) is 0 Å². The van der Waals surface area contributed by atoms with Crippen LogP contribution in [0.25, 0.3) is 21.8 Å². The number of para-hydroxylation sites is 1. The van der Waals surface area contributed by atoms with Gasteiger partial charge in [-0.15, -0.1) is 0 Å². The molecule has 1 aromatic heterocycles. The fraction of sp³-hybridized carbons (Fsp3) is 0.500. The van der Waals surface area contributed by atoms with Crippen LogP contribution < -0.4 is 32.4 Å². The Morgan fingerprint density at radius 3 is 2.00 bits per heavy atom. The van der Waals surface area contributed by atoms with E-state index in [0.717, 1.165) is 4.90 Å². The second-order valence-electron chi connectivity index (χ2n) is 15.7. The molecule has 1 aliphatic heterocycles. The quantitative estimate of drug-likeness (QED) is 0.0351. The zero-order valence-corrected chi connectivity index (χ0v) is 35.0. The summed E-state index contributed by atoms with van der Waals surface area (Å²) in [6.45, 7) is 0.789. The number of fused-ring (bicyclic) bond motifs is 2. The number of nitrogens with one attached hydrogen (secondary N) is 5. The number of carboxylic acids is 3. The van der Waals surface area contributed by atoms with Gasteiger partial charge in [-0.3, -0.25) is 48.1 Å². The van der Waals surface area contributed by atoms with Crippen LogP contribution in [-0.4, -0.2) is 123 Å². The molecular formula is C42H55N9O12. The number of aromatic amines is 1. The number of rotatable bonds is 29. The van der Waals surface area contributed by atoms with E-state index in [9.17, 15) is 48.3 Å². The smallest absolute Gasteiger partial charge is 0.320 e. The van der Waals surface area contributed by atoms with Crippen LogP contribution >= 0.6 is 0 Å². The number of pyridine rings is 1. The van der Waals surface area contributed by atoms with Gasteiger partial charge in [0.1, 0.15) is 18.1 Å². The predicted molar refractivity (Wildman–Crippen MR) is 227 cm³/mol. The van der Waals surface area contributed by atoms with Gasteiger partial charge in [0.2, 0.25) is 29.5 Å². The normalized spacial score (nSPS) is 14.1. The molecule has 5 amide bonds. The van der Waals surface area contributed by atoms with Crippen molar-refractivity contribution in [2.45, 2.75) is 108 Å². The van der Waals surface area contributed by atoms with Crippen molar-refractivity contribution in [1.82, 2.24) is 31.2 Å². The Morgan fingerprint density at radius 2 is 1.37 bits per heavy atom. The maximum atomic E-state index is 13.8. The summed E-state index contributed by atoms with van der Waals surface area (Å²) in [6, 6.07) is 8.15. The Kier molecular flexibility index (Phi) is 18.2. The molecule has 0 fully saturated rings. The van der Waals surface area contributed by atoms with Crippen molar-refractivity contribution in [3.05, 3.63) is 58.3 Å². The molecule has 0 spiro atoms. The van der Waals surface area contributed by atoms with Crippen molar-refractivity contribution >= 4 is 69.2 Å². The van der Waals surface area contributed by atoms with Crippen molar-refractivity contribution in [2.75, 3.05) is 26.2 Å². The van der Waals surface area contributed by atoms with Crippen molar-refractivity contribution in [2.24, 2.45) is 16.0 Å². The second-order valence-corrected chi connectivity index (χ2v) is 15.7. The van der Waals surface area contributed by atoms with Crippen LogP contribution in [0.15, 0.2) is 57.5 Å². The number of aromatic nitrogens is 1. The number of carbonyl (C=O) groups is 8. The van der Waals surface area contributed by atoms with Crippen LogP contribution in [0.2, 0.25) is 0 Å². The van der Waals surface area contributed by atoms with Gasteiger partial charge in [-0.05, 0) is 75.3 Å². The SMILES string of the molecule is CC1(CCC(=O)NCCCCCC(=O)NC(Cc2ccc3c(=O)c4ccccc4[nH]c3c2)C(=O)NC(CCC(=O)NCCCCC(C(=O)O)N(CC(=O)O)CC(=O)O)C(N)=O)N=N1. The number of amides is 5. The third-order valence-electron chi connectivity index (χ3n) is 10.5. The summed E-state index contributed by atoms with van der Waals surface area (Å²) in [4.78, 5) is 116. The maximum Gasteiger partial charge on any atom is 0.320 e. The highest BCUT2D eigenvalue weighted by atomic mass is 16.4. The van der Waals surface area contributed by atoms with Gasteiger partial charge in [0.15, 0.2) is 11.1 Å². The first-order chi connectivity index (χ1) is 29.9. The minimum Gasteiger partial charge on any atom is -0.480 e. The number of aliphatic carboxylic acids is 3. The number of H-pyrrole nitrogens is 1. The van der Waals surface area contributed by atoms with Gasteiger partial charge in [-0.25, -0.2) is 0 Å². The number of benzene rings is 2. The average Bonchev–Trinajstić information content (AvgIpc) is 3.96. The number of unbranched alkanes of at least 4 members (excludes halogenated alkanes) is 3. The van der Waals surface area contributed by atoms with E-state index >= 15 is 0 Å². The highest BCUT2D eigenvalue weighted by Crippen LogP contribution is 2.31. The van der Waals surface area contributed by atoms with Gasteiger partial charge in [0, 0.05) is 61.5 Å². The van der Waals surface area contributed by atoms with E-state index in [1.165, 1.54) is 0 Å². The lowest BCUT2D eigenvalue weighted by Gasteiger charge is -2.25. The maximum absolute atomic E-state index is 13.8. The number of nitrogens with two attached hydrogens (primary N) is 1. The molecule has 21 nitrogen and oxygen atoms in total. The summed E-state index contributed by atoms with van der Waals surface area (Å²) < 4.78 is 0.